The summed E-state index contributed by atoms with van der Waals surface area (Å²) in [7, 11) is 0. The van der Waals surface area contributed by atoms with Crippen molar-refractivity contribution in [2.24, 2.45) is 29.2 Å². The lowest BCUT2D eigenvalue weighted by Gasteiger charge is -2.29. The smallest absolute Gasteiger partial charge is 0.326 e. The van der Waals surface area contributed by atoms with E-state index in [4.69, 9.17) is 11.5 Å². The largest absolute Gasteiger partial charge is 0.480 e. The van der Waals surface area contributed by atoms with E-state index in [0.29, 0.717) is 12.8 Å². The SMILES string of the molecule is CC[C@H](C)[C@H](NC(=O)CN)C(=O)N[C@H](C(=O)N[C@@H](C)C(=O)N[C@@H](CC(C)C)C(=O)N[C@H](C(=O)N[C@@H](CC(N)=O)C(=O)O)[C@@H](C)CC)[C@@H](C)O. The molecule has 49 heavy (non-hydrogen) atoms. The number of aliphatic hydroxyl groups is 1. The van der Waals surface area contributed by atoms with E-state index in [1.807, 2.05) is 0 Å². The molecule has 18 heteroatoms. The van der Waals surface area contributed by atoms with Gasteiger partial charge in [0.1, 0.15) is 36.3 Å². The summed E-state index contributed by atoms with van der Waals surface area (Å²) in [6.45, 7) is 12.7. The van der Waals surface area contributed by atoms with Crippen LogP contribution in [0.4, 0.5) is 0 Å². The Bertz CT molecular complexity index is 1180. The Morgan fingerprint density at radius 2 is 1.06 bits per heavy atom. The molecular weight excluding hydrogens is 644 g/mol. The molecule has 18 nitrogen and oxygen atoms in total. The predicted octanol–water partition coefficient (Wildman–Crippen LogP) is -2.65. The summed E-state index contributed by atoms with van der Waals surface area (Å²) >= 11 is 0. The lowest BCUT2D eigenvalue weighted by Crippen LogP contribution is -2.61. The van der Waals surface area contributed by atoms with Crippen molar-refractivity contribution in [3.63, 3.8) is 0 Å². The molecule has 0 radical (unpaired) electrons. The van der Waals surface area contributed by atoms with Crippen LogP contribution in [0.1, 0.15) is 81.1 Å². The quantitative estimate of drug-likeness (QED) is 0.0556. The number of hydrogen-bond acceptors (Lipinski definition) is 10. The van der Waals surface area contributed by atoms with Crippen molar-refractivity contribution in [3.8, 4) is 0 Å². The lowest BCUT2D eigenvalue weighted by molar-refractivity contribution is -0.144. The van der Waals surface area contributed by atoms with Crippen molar-refractivity contribution in [2.45, 2.75) is 123 Å². The third-order valence-corrected chi connectivity index (χ3v) is 7.97. The van der Waals surface area contributed by atoms with E-state index < -0.39 is 102 Å². The van der Waals surface area contributed by atoms with E-state index in [2.05, 4.69) is 31.9 Å². The van der Waals surface area contributed by atoms with Crippen molar-refractivity contribution in [3.05, 3.63) is 0 Å². The minimum Gasteiger partial charge on any atom is -0.480 e. The van der Waals surface area contributed by atoms with Crippen molar-refractivity contribution < 1.29 is 48.6 Å². The summed E-state index contributed by atoms with van der Waals surface area (Å²) in [6.07, 6.45) is -1.06. The zero-order valence-corrected chi connectivity index (χ0v) is 29.6. The summed E-state index contributed by atoms with van der Waals surface area (Å²) in [5, 5.41) is 34.4. The van der Waals surface area contributed by atoms with Gasteiger partial charge < -0.3 is 53.6 Å². The number of carbonyl (C=O) groups is 8. The van der Waals surface area contributed by atoms with Crippen LogP contribution in [0, 0.1) is 17.8 Å². The molecule has 0 aromatic heterocycles. The minimum atomic E-state index is -1.62. The molecule has 0 bridgehead atoms. The number of aliphatic carboxylic acids is 1. The van der Waals surface area contributed by atoms with E-state index in [9.17, 15) is 48.6 Å². The topological polar surface area (TPSA) is 301 Å². The van der Waals surface area contributed by atoms with Crippen LogP contribution < -0.4 is 43.4 Å². The van der Waals surface area contributed by atoms with Gasteiger partial charge >= 0.3 is 5.97 Å². The fourth-order valence-corrected chi connectivity index (χ4v) is 4.57. The van der Waals surface area contributed by atoms with E-state index in [-0.39, 0.29) is 24.8 Å². The molecule has 7 amide bonds. The highest BCUT2D eigenvalue weighted by Crippen LogP contribution is 2.12. The number of hydrogen-bond donors (Lipinski definition) is 10. The zero-order valence-electron chi connectivity index (χ0n) is 29.6. The third kappa shape index (κ3) is 15.6. The van der Waals surface area contributed by atoms with Crippen LogP contribution in [-0.4, -0.2) is 106 Å². The first kappa shape index (κ1) is 44.7. The van der Waals surface area contributed by atoms with Gasteiger partial charge in [-0.1, -0.05) is 54.4 Å². The first-order valence-electron chi connectivity index (χ1n) is 16.4. The highest BCUT2D eigenvalue weighted by molar-refractivity contribution is 5.97. The van der Waals surface area contributed by atoms with Crippen LogP contribution in [0.3, 0.4) is 0 Å². The molecule has 0 aromatic rings. The molecule has 0 spiro atoms. The first-order valence-corrected chi connectivity index (χ1v) is 16.4. The number of rotatable bonds is 22. The van der Waals surface area contributed by atoms with Gasteiger partial charge in [0.05, 0.1) is 19.1 Å². The number of nitrogens with one attached hydrogen (secondary N) is 6. The summed E-state index contributed by atoms with van der Waals surface area (Å²) in [5.74, 6) is -8.08. The maximum atomic E-state index is 13.5. The maximum absolute atomic E-state index is 13.5. The van der Waals surface area contributed by atoms with Gasteiger partial charge in [-0.15, -0.1) is 0 Å². The molecule has 0 aliphatic rings. The van der Waals surface area contributed by atoms with Crippen LogP contribution in [0.15, 0.2) is 0 Å². The second-order valence-corrected chi connectivity index (χ2v) is 12.7. The molecule has 0 unspecified atom stereocenters. The molecule has 0 saturated carbocycles. The Morgan fingerprint density at radius 1 is 0.612 bits per heavy atom. The number of nitrogens with two attached hydrogens (primary N) is 2. The third-order valence-electron chi connectivity index (χ3n) is 7.97. The van der Waals surface area contributed by atoms with Gasteiger partial charge in [-0.05, 0) is 38.0 Å². The number of primary amides is 1. The van der Waals surface area contributed by atoms with Gasteiger partial charge in [-0.3, -0.25) is 33.6 Å². The zero-order chi connectivity index (χ0) is 38.2. The lowest BCUT2D eigenvalue weighted by atomic mass is 9.96. The fourth-order valence-electron chi connectivity index (χ4n) is 4.57. The number of aliphatic hydroxyl groups excluding tert-OH is 1. The van der Waals surface area contributed by atoms with Gasteiger partial charge in [0.15, 0.2) is 0 Å². The van der Waals surface area contributed by atoms with Gasteiger partial charge in [0.25, 0.3) is 0 Å². The fraction of sp³-hybridized carbons (Fsp3) is 0.742. The molecular formula is C31H56N8O10. The van der Waals surface area contributed by atoms with E-state index in [1.165, 1.54) is 13.8 Å². The van der Waals surface area contributed by atoms with Crippen LogP contribution in [0.2, 0.25) is 0 Å². The second-order valence-electron chi connectivity index (χ2n) is 12.7. The first-order chi connectivity index (χ1) is 22.7. The van der Waals surface area contributed by atoms with E-state index in [0.717, 1.165) is 0 Å². The van der Waals surface area contributed by atoms with Gasteiger partial charge in [-0.2, -0.15) is 0 Å². The van der Waals surface area contributed by atoms with Crippen molar-refractivity contribution in [1.82, 2.24) is 31.9 Å². The Labute approximate surface area is 287 Å². The average Bonchev–Trinajstić information content (AvgIpc) is 3.02. The van der Waals surface area contributed by atoms with E-state index in [1.54, 1.807) is 41.5 Å². The van der Waals surface area contributed by atoms with Crippen LogP contribution >= 0.6 is 0 Å². The Balaban J connectivity index is 5.89. The molecule has 9 atom stereocenters. The Kier molecular flexibility index (Phi) is 19.7. The number of carboxylic acids is 1. The standard InChI is InChI=1S/C31H56N8O10/c1-9-15(5)23(37-22(42)13-32)29(46)39-25(18(8)40)30(47)34-17(7)26(43)35-19(11-14(3)4)27(44)38-24(16(6)10-2)28(45)36-20(31(48)49)12-21(33)41/h14-20,23-25,40H,9-13,32H2,1-8H3,(H2,33,41)(H,34,47)(H,35,43)(H,36,45)(H,37,42)(H,38,44)(H,39,46)(H,48,49)/t15-,16-,17-,18+,19-,20-,23-,24-,25-/m0/s1. The van der Waals surface area contributed by atoms with Crippen molar-refractivity contribution in [1.29, 1.82) is 0 Å². The Hall–Kier alpha value is -4.32. The normalized spacial score (nSPS) is 16.6. The Morgan fingerprint density at radius 3 is 1.49 bits per heavy atom. The number of carbonyl (C=O) groups excluding carboxylic acids is 7. The molecule has 0 fully saturated rings. The van der Waals surface area contributed by atoms with E-state index >= 15 is 0 Å². The summed E-state index contributed by atoms with van der Waals surface area (Å²) in [6, 6.07) is -7.88. The molecule has 0 aliphatic heterocycles. The van der Waals surface area contributed by atoms with Crippen LogP contribution in [-0.2, 0) is 38.4 Å². The minimum absolute atomic E-state index is 0.115. The van der Waals surface area contributed by atoms with Gasteiger partial charge in [-0.25, -0.2) is 4.79 Å². The summed E-state index contributed by atoms with van der Waals surface area (Å²) in [4.78, 5) is 101. The second kappa shape index (κ2) is 21.6. The number of carboxylic acid groups (broad SMARTS) is 1. The van der Waals surface area contributed by atoms with Crippen molar-refractivity contribution in [2.75, 3.05) is 6.54 Å². The molecule has 280 valence electrons. The summed E-state index contributed by atoms with van der Waals surface area (Å²) in [5.41, 5.74) is 10.5. The molecule has 0 rings (SSSR count). The summed E-state index contributed by atoms with van der Waals surface area (Å²) < 4.78 is 0. The van der Waals surface area contributed by atoms with Crippen LogP contribution in [0.5, 0.6) is 0 Å². The van der Waals surface area contributed by atoms with Gasteiger partial charge in [0, 0.05) is 0 Å². The number of amides is 7. The highest BCUT2D eigenvalue weighted by Gasteiger charge is 2.35. The monoisotopic (exact) mass is 700 g/mol. The predicted molar refractivity (Wildman–Crippen MR) is 178 cm³/mol. The molecule has 0 saturated heterocycles. The molecule has 0 heterocycles. The van der Waals surface area contributed by atoms with Gasteiger partial charge in [0.2, 0.25) is 41.4 Å². The molecule has 0 aliphatic carbocycles. The maximum Gasteiger partial charge on any atom is 0.326 e. The molecule has 12 N–H and O–H groups in total. The molecule has 0 aromatic carbocycles. The highest BCUT2D eigenvalue weighted by atomic mass is 16.4. The van der Waals surface area contributed by atoms with Crippen LogP contribution in [0.25, 0.3) is 0 Å². The van der Waals surface area contributed by atoms with Crippen molar-refractivity contribution >= 4 is 47.3 Å². The average molecular weight is 701 g/mol.